The van der Waals surface area contributed by atoms with Crippen LogP contribution in [0.15, 0.2) is 30.6 Å². The van der Waals surface area contributed by atoms with Crippen molar-refractivity contribution in [2.24, 2.45) is 0 Å². The minimum Gasteiger partial charge on any atom is -0.550 e. The van der Waals surface area contributed by atoms with E-state index in [0.29, 0.717) is 0 Å². The van der Waals surface area contributed by atoms with Gasteiger partial charge in [0.05, 0.1) is 0 Å². The highest BCUT2D eigenvalue weighted by molar-refractivity contribution is 6.30. The van der Waals surface area contributed by atoms with Crippen molar-refractivity contribution < 1.29 is 24.3 Å². The number of alkyl halides is 1. The molecule has 80 valence electrons. The van der Waals surface area contributed by atoms with E-state index in [1.165, 1.54) is 12.4 Å². The molecule has 5 nitrogen and oxygen atoms in total. The molecule has 1 aromatic heterocycles. The molecule has 0 amide bonds. The molecule has 0 bridgehead atoms. The number of carboxylic acids is 1. The minimum atomic E-state index is -1.40. The number of nitrogens with zero attached hydrogens (tertiary/aromatic N) is 1. The van der Waals surface area contributed by atoms with E-state index in [1.54, 1.807) is 18.2 Å². The van der Waals surface area contributed by atoms with Crippen molar-refractivity contribution in [1.29, 1.82) is 0 Å². The predicted molar refractivity (Wildman–Crippen MR) is 47.5 cm³/mol. The van der Waals surface area contributed by atoms with Gasteiger partial charge in [0.1, 0.15) is 5.38 Å². The average Bonchev–Trinajstić information content (AvgIpc) is 2.18. The zero-order valence-electron chi connectivity index (χ0n) is 7.63. The van der Waals surface area contributed by atoms with E-state index in [-0.39, 0.29) is 0 Å². The van der Waals surface area contributed by atoms with Gasteiger partial charge in [0.15, 0.2) is 0 Å². The van der Waals surface area contributed by atoms with Gasteiger partial charge >= 0.3 is 5.97 Å². The molecular formula is C9H8ClNO4. The summed E-state index contributed by atoms with van der Waals surface area (Å²) in [5.74, 6) is -2.23. The van der Waals surface area contributed by atoms with Crippen LogP contribution in [0.4, 0.5) is 0 Å². The van der Waals surface area contributed by atoms with E-state index in [1.807, 2.05) is 0 Å². The van der Waals surface area contributed by atoms with Crippen LogP contribution < -0.4 is 14.7 Å². The van der Waals surface area contributed by atoms with Crippen molar-refractivity contribution in [1.82, 2.24) is 0 Å². The fraction of sp³-hybridized carbons (Fsp3) is 0.222. The predicted octanol–water partition coefficient (Wildman–Crippen LogP) is -1.32. The third-order valence-electron chi connectivity index (χ3n) is 1.49. The fourth-order valence-corrected chi connectivity index (χ4v) is 1.00. The maximum Gasteiger partial charge on any atom is 0.398 e. The van der Waals surface area contributed by atoms with Crippen LogP contribution in [-0.2, 0) is 9.59 Å². The lowest BCUT2D eigenvalue weighted by molar-refractivity contribution is -0.869. The molecule has 15 heavy (non-hydrogen) atoms. The van der Waals surface area contributed by atoms with Crippen LogP contribution in [0.2, 0.25) is 0 Å². The number of halogens is 1. The van der Waals surface area contributed by atoms with E-state index in [2.05, 4.69) is 0 Å². The number of hydrogen-bond donors (Lipinski definition) is 0. The van der Waals surface area contributed by atoms with Crippen LogP contribution in [0.3, 0.4) is 0 Å². The summed E-state index contributed by atoms with van der Waals surface area (Å²) in [5.41, 5.74) is 0. The second-order valence-corrected chi connectivity index (χ2v) is 3.22. The topological polar surface area (TPSA) is 70.3 Å². The minimum absolute atomic E-state index is 0.576. The van der Waals surface area contributed by atoms with Crippen molar-refractivity contribution in [3.05, 3.63) is 30.6 Å². The number of rotatable bonds is 4. The summed E-state index contributed by atoms with van der Waals surface area (Å²) in [6.07, 6.45) is 2.40. The van der Waals surface area contributed by atoms with Crippen LogP contribution in [0, 0.1) is 0 Å². The summed E-state index contributed by atoms with van der Waals surface area (Å²) < 4.78 is 1.13. The van der Waals surface area contributed by atoms with Crippen LogP contribution in [0.1, 0.15) is 6.42 Å². The van der Waals surface area contributed by atoms with Gasteiger partial charge in [0.25, 0.3) is 0 Å². The van der Waals surface area contributed by atoms with Crippen molar-refractivity contribution in [3.8, 4) is 0 Å². The van der Waals surface area contributed by atoms with Gasteiger partial charge in [0.2, 0.25) is 12.4 Å². The van der Waals surface area contributed by atoms with E-state index in [0.717, 1.165) is 4.73 Å². The van der Waals surface area contributed by atoms with Gasteiger partial charge in [-0.25, -0.2) is 4.79 Å². The third kappa shape index (κ3) is 3.95. The first kappa shape index (κ1) is 11.5. The van der Waals surface area contributed by atoms with Crippen molar-refractivity contribution in [2.75, 3.05) is 0 Å². The standard InChI is InChI=1S/C9H8ClNO4/c10-7(6-8(12)13)9(14)15-11-4-2-1-3-5-11/h1-5,7H,6H2. The number of carbonyl (C=O) groups is 2. The molecule has 0 aliphatic carbocycles. The van der Waals surface area contributed by atoms with E-state index < -0.39 is 23.7 Å². The highest BCUT2D eigenvalue weighted by atomic mass is 35.5. The first-order chi connectivity index (χ1) is 7.09. The number of aliphatic carboxylic acids is 1. The van der Waals surface area contributed by atoms with Gasteiger partial charge in [-0.2, -0.15) is 4.84 Å². The van der Waals surface area contributed by atoms with Crippen LogP contribution in [-0.4, -0.2) is 17.3 Å². The van der Waals surface area contributed by atoms with Gasteiger partial charge in [-0.05, 0) is 0 Å². The Kier molecular flexibility index (Phi) is 4.05. The molecule has 6 heteroatoms. The maximum absolute atomic E-state index is 11.2. The highest BCUT2D eigenvalue weighted by Crippen LogP contribution is 2.00. The maximum atomic E-state index is 11.2. The zero-order chi connectivity index (χ0) is 11.3. The van der Waals surface area contributed by atoms with E-state index in [4.69, 9.17) is 16.4 Å². The quantitative estimate of drug-likeness (QED) is 0.474. The molecule has 1 unspecified atom stereocenters. The molecule has 0 N–H and O–H groups in total. The lowest BCUT2D eigenvalue weighted by Gasteiger charge is -2.05. The molecule has 1 heterocycles. The Bertz CT molecular complexity index is 354. The number of aromatic nitrogens is 1. The Labute approximate surface area is 90.8 Å². The lowest BCUT2D eigenvalue weighted by Crippen LogP contribution is -2.48. The number of carbonyl (C=O) groups excluding carboxylic acids is 2. The van der Waals surface area contributed by atoms with Crippen molar-refractivity contribution in [2.45, 2.75) is 11.8 Å². The van der Waals surface area contributed by atoms with Crippen molar-refractivity contribution in [3.63, 3.8) is 0 Å². The Morgan fingerprint density at radius 2 is 1.93 bits per heavy atom. The van der Waals surface area contributed by atoms with Gasteiger partial charge in [-0.3, -0.25) is 0 Å². The Balaban J connectivity index is 2.52. The van der Waals surface area contributed by atoms with Crippen LogP contribution in [0.5, 0.6) is 0 Å². The molecule has 1 rings (SSSR count). The van der Waals surface area contributed by atoms with Crippen LogP contribution in [0.25, 0.3) is 0 Å². The van der Waals surface area contributed by atoms with Gasteiger partial charge in [-0.15, -0.1) is 11.6 Å². The van der Waals surface area contributed by atoms with E-state index in [9.17, 15) is 14.7 Å². The lowest BCUT2D eigenvalue weighted by atomic mass is 10.3. The number of pyridine rings is 1. The molecular weight excluding hydrogens is 222 g/mol. The molecule has 0 saturated carbocycles. The molecule has 1 atom stereocenters. The average molecular weight is 230 g/mol. The largest absolute Gasteiger partial charge is 0.550 e. The molecule has 0 saturated heterocycles. The monoisotopic (exact) mass is 229 g/mol. The van der Waals surface area contributed by atoms with Gasteiger partial charge < -0.3 is 9.90 Å². The Hall–Kier alpha value is -1.62. The molecule has 0 fully saturated rings. The van der Waals surface area contributed by atoms with Crippen LogP contribution >= 0.6 is 11.6 Å². The first-order valence-corrected chi connectivity index (χ1v) is 4.55. The highest BCUT2D eigenvalue weighted by Gasteiger charge is 2.21. The SMILES string of the molecule is O=C([O-])CC(Cl)C(=O)O[n+]1ccccc1. The summed E-state index contributed by atoms with van der Waals surface area (Å²) in [4.78, 5) is 26.1. The molecule has 0 spiro atoms. The van der Waals surface area contributed by atoms with Crippen molar-refractivity contribution >= 4 is 23.5 Å². The first-order valence-electron chi connectivity index (χ1n) is 4.12. The molecule has 0 aromatic carbocycles. The smallest absolute Gasteiger partial charge is 0.398 e. The Morgan fingerprint density at radius 3 is 2.47 bits per heavy atom. The number of carboxylic acid groups (broad SMARTS) is 1. The fourth-order valence-electron chi connectivity index (χ4n) is 0.834. The second-order valence-electron chi connectivity index (χ2n) is 2.69. The summed E-state index contributed by atoms with van der Waals surface area (Å²) in [5, 5.41) is 8.91. The summed E-state index contributed by atoms with van der Waals surface area (Å²) in [7, 11) is 0. The Morgan fingerprint density at radius 1 is 1.33 bits per heavy atom. The van der Waals surface area contributed by atoms with Gasteiger partial charge in [0, 0.05) is 29.3 Å². The molecule has 0 radical (unpaired) electrons. The second kappa shape index (κ2) is 5.31. The zero-order valence-corrected chi connectivity index (χ0v) is 8.39. The molecule has 1 aromatic rings. The molecule has 0 aliphatic heterocycles. The van der Waals surface area contributed by atoms with Gasteiger partial charge in [-0.1, -0.05) is 6.07 Å². The third-order valence-corrected chi connectivity index (χ3v) is 1.82. The summed E-state index contributed by atoms with van der Waals surface area (Å²) in [6, 6.07) is 5.04. The molecule has 0 aliphatic rings. The number of hydrogen-bond acceptors (Lipinski definition) is 4. The summed E-state index contributed by atoms with van der Waals surface area (Å²) >= 11 is 5.47. The summed E-state index contributed by atoms with van der Waals surface area (Å²) in [6.45, 7) is 0. The normalized spacial score (nSPS) is 11.8. The van der Waals surface area contributed by atoms with E-state index >= 15 is 0 Å².